The molecule has 0 aliphatic rings. The van der Waals surface area contributed by atoms with Crippen molar-refractivity contribution < 1.29 is 4.74 Å². The molecule has 74 valence electrons. The zero-order chi connectivity index (χ0) is 9.19. The van der Waals surface area contributed by atoms with Crippen molar-refractivity contribution in [2.24, 2.45) is 0 Å². The lowest BCUT2D eigenvalue weighted by Gasteiger charge is -2.23. The molecule has 0 saturated heterocycles. The summed E-state index contributed by atoms with van der Waals surface area (Å²) in [6, 6.07) is 8.43. The molecule has 0 fully saturated rings. The Morgan fingerprint density at radius 2 is 1.54 bits per heavy atom. The van der Waals surface area contributed by atoms with Crippen molar-refractivity contribution in [1.82, 2.24) is 0 Å². The molecule has 0 aromatic heterocycles. The zero-order valence-electron chi connectivity index (χ0n) is 8.22. The van der Waals surface area contributed by atoms with Gasteiger partial charge < -0.3 is 4.74 Å². The third-order valence-corrected chi connectivity index (χ3v) is 2.26. The molecule has 0 bridgehead atoms. The van der Waals surface area contributed by atoms with Gasteiger partial charge in [0.2, 0.25) is 0 Å². The maximum Gasteiger partial charge on any atom is 0.0871 e. The van der Waals surface area contributed by atoms with Gasteiger partial charge in [-0.1, -0.05) is 37.3 Å². The normalized spacial score (nSPS) is 10.8. The number of hydrogen-bond acceptors (Lipinski definition) is 1. The van der Waals surface area contributed by atoms with Crippen molar-refractivity contribution in [1.29, 1.82) is 0 Å². The van der Waals surface area contributed by atoms with Crippen LogP contribution in [0.4, 0.5) is 0 Å². The van der Waals surface area contributed by atoms with Crippen LogP contribution in [-0.2, 0) is 10.3 Å². The lowest BCUT2D eigenvalue weighted by atomic mass is 9.97. The van der Waals surface area contributed by atoms with Crippen LogP contribution in [0.5, 0.6) is 0 Å². The van der Waals surface area contributed by atoms with Crippen LogP contribution in [0.2, 0.25) is 0 Å². The van der Waals surface area contributed by atoms with Crippen LogP contribution in [0, 0.1) is 6.92 Å². The van der Waals surface area contributed by atoms with Crippen LogP contribution in [0.25, 0.3) is 0 Å². The lowest BCUT2D eigenvalue weighted by molar-refractivity contribution is 0.0192. The van der Waals surface area contributed by atoms with Gasteiger partial charge in [-0.25, -0.2) is 0 Å². The number of aryl methyl sites for hydroxylation is 1. The Labute approximate surface area is 81.7 Å². The number of rotatable bonds is 2. The number of benzene rings is 1. The minimum absolute atomic E-state index is 0. The fourth-order valence-electron chi connectivity index (χ4n) is 1.07. The molecule has 0 aliphatic carbocycles. The molecule has 1 rings (SSSR count). The Hall–Kier alpha value is -0.820. The third-order valence-electron chi connectivity index (χ3n) is 2.26. The minimum atomic E-state index is -0.173. The molecule has 0 N–H and O–H groups in total. The third kappa shape index (κ3) is 2.85. The van der Waals surface area contributed by atoms with Gasteiger partial charge >= 0.3 is 0 Å². The summed E-state index contributed by atoms with van der Waals surface area (Å²) in [7, 11) is 1.74. The van der Waals surface area contributed by atoms with Gasteiger partial charge in [-0.15, -0.1) is 0 Å². The van der Waals surface area contributed by atoms with Gasteiger partial charge in [-0.2, -0.15) is 0 Å². The van der Waals surface area contributed by atoms with Crippen molar-refractivity contribution in [3.05, 3.63) is 35.4 Å². The van der Waals surface area contributed by atoms with E-state index in [0.717, 1.165) is 0 Å². The summed E-state index contributed by atoms with van der Waals surface area (Å²) in [6.45, 7) is 6.22. The Balaban J connectivity index is 0.00000144. The highest BCUT2D eigenvalue weighted by Crippen LogP contribution is 2.23. The summed E-state index contributed by atoms with van der Waals surface area (Å²) < 4.78 is 5.36. The van der Waals surface area contributed by atoms with E-state index in [1.54, 1.807) is 7.11 Å². The van der Waals surface area contributed by atoms with Crippen LogP contribution in [0.1, 0.15) is 32.4 Å². The number of ether oxygens (including phenoxy) is 1. The zero-order valence-corrected chi connectivity index (χ0v) is 8.22. The van der Waals surface area contributed by atoms with Crippen LogP contribution < -0.4 is 0 Å². The molecular formula is C12H20O. The molecule has 0 aliphatic heterocycles. The first kappa shape index (κ1) is 12.2. The van der Waals surface area contributed by atoms with Gasteiger partial charge in [0.1, 0.15) is 0 Å². The maximum atomic E-state index is 5.36. The van der Waals surface area contributed by atoms with Crippen molar-refractivity contribution in [2.45, 2.75) is 33.8 Å². The first-order valence-electron chi connectivity index (χ1n) is 4.18. The van der Waals surface area contributed by atoms with Gasteiger partial charge in [-0.05, 0) is 26.3 Å². The second-order valence-electron chi connectivity index (χ2n) is 3.58. The SMILES string of the molecule is C.COC(C)(C)c1ccc(C)cc1. The maximum absolute atomic E-state index is 5.36. The van der Waals surface area contributed by atoms with Crippen molar-refractivity contribution in [3.63, 3.8) is 0 Å². The predicted octanol–water partition coefficient (Wildman–Crippen LogP) is 3.51. The first-order valence-corrected chi connectivity index (χ1v) is 4.18. The van der Waals surface area contributed by atoms with E-state index in [1.807, 2.05) is 0 Å². The first-order chi connectivity index (χ1) is 5.56. The highest BCUT2D eigenvalue weighted by Gasteiger charge is 2.18. The fourth-order valence-corrected chi connectivity index (χ4v) is 1.07. The Morgan fingerprint density at radius 1 is 1.08 bits per heavy atom. The molecule has 0 heterocycles. The minimum Gasteiger partial charge on any atom is -0.374 e. The smallest absolute Gasteiger partial charge is 0.0871 e. The molecule has 0 saturated carbocycles. The highest BCUT2D eigenvalue weighted by atomic mass is 16.5. The van der Waals surface area contributed by atoms with Crippen molar-refractivity contribution >= 4 is 0 Å². The Kier molecular flexibility index (Phi) is 4.15. The van der Waals surface area contributed by atoms with Gasteiger partial charge in [0.25, 0.3) is 0 Å². The summed E-state index contributed by atoms with van der Waals surface area (Å²) in [5.74, 6) is 0. The topological polar surface area (TPSA) is 9.23 Å². The fraction of sp³-hybridized carbons (Fsp3) is 0.500. The van der Waals surface area contributed by atoms with E-state index in [4.69, 9.17) is 4.74 Å². The highest BCUT2D eigenvalue weighted by molar-refractivity contribution is 5.25. The molecule has 13 heavy (non-hydrogen) atoms. The molecule has 0 atom stereocenters. The summed E-state index contributed by atoms with van der Waals surface area (Å²) in [5, 5.41) is 0. The van der Waals surface area contributed by atoms with Gasteiger partial charge in [0.15, 0.2) is 0 Å². The summed E-state index contributed by atoms with van der Waals surface area (Å²) in [5.41, 5.74) is 2.33. The summed E-state index contributed by atoms with van der Waals surface area (Å²) >= 11 is 0. The predicted molar refractivity (Wildman–Crippen MR) is 57.9 cm³/mol. The molecule has 1 nitrogen and oxygen atoms in total. The standard InChI is InChI=1S/C11H16O.CH4/c1-9-5-7-10(8-6-9)11(2,3)12-4;/h5-8H,1-4H3;1H4. The van der Waals surface area contributed by atoms with Crippen LogP contribution in [-0.4, -0.2) is 7.11 Å². The van der Waals surface area contributed by atoms with Crippen LogP contribution in [0.15, 0.2) is 24.3 Å². The Morgan fingerprint density at radius 3 is 1.92 bits per heavy atom. The molecular weight excluding hydrogens is 160 g/mol. The molecule has 1 aromatic rings. The molecule has 0 unspecified atom stereocenters. The van der Waals surface area contributed by atoms with Gasteiger partial charge in [-0.3, -0.25) is 0 Å². The lowest BCUT2D eigenvalue weighted by Crippen LogP contribution is -2.19. The monoisotopic (exact) mass is 180 g/mol. The van der Waals surface area contributed by atoms with E-state index >= 15 is 0 Å². The molecule has 0 spiro atoms. The van der Waals surface area contributed by atoms with E-state index < -0.39 is 0 Å². The quantitative estimate of drug-likeness (QED) is 0.676. The van der Waals surface area contributed by atoms with E-state index in [2.05, 4.69) is 45.0 Å². The van der Waals surface area contributed by atoms with E-state index in [9.17, 15) is 0 Å². The van der Waals surface area contributed by atoms with E-state index in [-0.39, 0.29) is 13.0 Å². The van der Waals surface area contributed by atoms with Crippen molar-refractivity contribution in [3.8, 4) is 0 Å². The largest absolute Gasteiger partial charge is 0.374 e. The molecule has 1 heteroatoms. The number of hydrogen-bond donors (Lipinski definition) is 0. The molecule has 0 radical (unpaired) electrons. The average molecular weight is 180 g/mol. The summed E-state index contributed by atoms with van der Waals surface area (Å²) in [6.07, 6.45) is 0. The van der Waals surface area contributed by atoms with E-state index in [1.165, 1.54) is 11.1 Å². The van der Waals surface area contributed by atoms with Gasteiger partial charge in [0, 0.05) is 7.11 Å². The second kappa shape index (κ2) is 4.43. The average Bonchev–Trinajstić information content (AvgIpc) is 2.05. The molecule has 1 aromatic carbocycles. The van der Waals surface area contributed by atoms with E-state index in [0.29, 0.717) is 0 Å². The number of methoxy groups -OCH3 is 1. The second-order valence-corrected chi connectivity index (χ2v) is 3.58. The van der Waals surface area contributed by atoms with Crippen molar-refractivity contribution in [2.75, 3.05) is 7.11 Å². The summed E-state index contributed by atoms with van der Waals surface area (Å²) in [4.78, 5) is 0. The molecule has 0 amide bonds. The van der Waals surface area contributed by atoms with Crippen LogP contribution >= 0.6 is 0 Å². The van der Waals surface area contributed by atoms with Crippen LogP contribution in [0.3, 0.4) is 0 Å². The Bertz CT molecular complexity index is 246. The van der Waals surface area contributed by atoms with Gasteiger partial charge in [0.05, 0.1) is 5.60 Å².